The second-order valence-corrected chi connectivity index (χ2v) is 4.39. The van der Waals surface area contributed by atoms with Crippen LogP contribution in [0.2, 0.25) is 5.02 Å². The quantitative estimate of drug-likeness (QED) is 0.760. The number of anilines is 1. The number of rotatable bonds is 4. The molecule has 0 saturated carbocycles. The number of Topliss-reactive ketones (excluding diaryl/α,β-unsaturated/α-hetero) is 1. The van der Waals surface area contributed by atoms with Gasteiger partial charge >= 0.3 is 0 Å². The Morgan fingerprint density at radius 2 is 2.11 bits per heavy atom. The summed E-state index contributed by atoms with van der Waals surface area (Å²) in [7, 11) is 0. The molecule has 1 aliphatic rings. The number of nitrogens with zero attached hydrogens (tertiary/aromatic N) is 1. The lowest BCUT2D eigenvalue weighted by molar-refractivity contribution is -0.122. The number of halogens is 1. The SMILES string of the molecule is O=C(CN1C(=O)C(=O)c2cc(Cl)ccc21)NCCO. The summed E-state index contributed by atoms with van der Waals surface area (Å²) in [4.78, 5) is 36.2. The smallest absolute Gasteiger partial charge is 0.299 e. The van der Waals surface area contributed by atoms with Gasteiger partial charge in [-0.05, 0) is 18.2 Å². The van der Waals surface area contributed by atoms with E-state index in [9.17, 15) is 14.4 Å². The zero-order valence-electron chi connectivity index (χ0n) is 9.85. The first-order chi connectivity index (χ1) is 9.04. The van der Waals surface area contributed by atoms with Crippen molar-refractivity contribution in [2.24, 2.45) is 0 Å². The molecule has 1 aromatic carbocycles. The maximum absolute atomic E-state index is 11.8. The summed E-state index contributed by atoms with van der Waals surface area (Å²) < 4.78 is 0. The van der Waals surface area contributed by atoms with E-state index in [1.807, 2.05) is 0 Å². The van der Waals surface area contributed by atoms with Crippen LogP contribution < -0.4 is 10.2 Å². The monoisotopic (exact) mass is 282 g/mol. The Hall–Kier alpha value is -1.92. The van der Waals surface area contributed by atoms with Gasteiger partial charge in [0.2, 0.25) is 5.91 Å². The Kier molecular flexibility index (Phi) is 3.82. The predicted molar refractivity (Wildman–Crippen MR) is 68.2 cm³/mol. The molecule has 0 aliphatic carbocycles. The fourth-order valence-electron chi connectivity index (χ4n) is 1.82. The van der Waals surface area contributed by atoms with E-state index >= 15 is 0 Å². The van der Waals surface area contributed by atoms with E-state index in [0.29, 0.717) is 10.7 Å². The lowest BCUT2D eigenvalue weighted by Crippen LogP contribution is -2.40. The van der Waals surface area contributed by atoms with Crippen molar-refractivity contribution in [1.82, 2.24) is 5.32 Å². The molecule has 1 aliphatic heterocycles. The normalized spacial score (nSPS) is 13.7. The third kappa shape index (κ3) is 2.59. The van der Waals surface area contributed by atoms with E-state index in [-0.39, 0.29) is 25.3 Å². The van der Waals surface area contributed by atoms with E-state index in [0.717, 1.165) is 4.90 Å². The molecule has 0 radical (unpaired) electrons. The molecular formula is C12H11ClN2O4. The zero-order chi connectivity index (χ0) is 14.0. The third-order valence-corrected chi connectivity index (χ3v) is 2.90. The second kappa shape index (κ2) is 5.38. The van der Waals surface area contributed by atoms with Crippen LogP contribution in [0.4, 0.5) is 5.69 Å². The number of aliphatic hydroxyl groups is 1. The first kappa shape index (κ1) is 13.5. The van der Waals surface area contributed by atoms with Crippen LogP contribution in [0.25, 0.3) is 0 Å². The van der Waals surface area contributed by atoms with Crippen molar-refractivity contribution in [2.75, 3.05) is 24.6 Å². The number of fused-ring (bicyclic) bond motifs is 1. The number of hydrogen-bond donors (Lipinski definition) is 2. The molecule has 2 rings (SSSR count). The summed E-state index contributed by atoms with van der Waals surface area (Å²) in [6, 6.07) is 4.48. The average molecular weight is 283 g/mol. The summed E-state index contributed by atoms with van der Waals surface area (Å²) in [5.74, 6) is -1.87. The van der Waals surface area contributed by atoms with E-state index in [2.05, 4.69) is 5.32 Å². The van der Waals surface area contributed by atoms with Crippen molar-refractivity contribution in [2.45, 2.75) is 0 Å². The summed E-state index contributed by atoms with van der Waals surface area (Å²) in [6.07, 6.45) is 0. The molecule has 6 nitrogen and oxygen atoms in total. The number of carbonyl (C=O) groups excluding carboxylic acids is 3. The molecule has 2 N–H and O–H groups in total. The number of aliphatic hydroxyl groups excluding tert-OH is 1. The van der Waals surface area contributed by atoms with Crippen LogP contribution in [0.1, 0.15) is 10.4 Å². The van der Waals surface area contributed by atoms with Gasteiger partial charge < -0.3 is 10.4 Å². The minimum atomic E-state index is -0.753. The summed E-state index contributed by atoms with van der Waals surface area (Å²) >= 11 is 5.77. The topological polar surface area (TPSA) is 86.7 Å². The minimum Gasteiger partial charge on any atom is -0.395 e. The highest BCUT2D eigenvalue weighted by Gasteiger charge is 2.36. The van der Waals surface area contributed by atoms with Gasteiger partial charge in [-0.25, -0.2) is 0 Å². The summed E-state index contributed by atoms with van der Waals surface area (Å²) in [6.45, 7) is -0.355. The van der Waals surface area contributed by atoms with E-state index < -0.39 is 17.6 Å². The molecule has 2 amide bonds. The maximum atomic E-state index is 11.8. The number of hydrogen-bond acceptors (Lipinski definition) is 4. The van der Waals surface area contributed by atoms with Gasteiger partial charge in [-0.1, -0.05) is 11.6 Å². The van der Waals surface area contributed by atoms with Crippen LogP contribution in [0.3, 0.4) is 0 Å². The molecule has 0 atom stereocenters. The first-order valence-electron chi connectivity index (χ1n) is 5.58. The molecule has 0 bridgehead atoms. The molecule has 1 heterocycles. The number of ketones is 1. The Morgan fingerprint density at radius 1 is 1.37 bits per heavy atom. The molecule has 0 unspecified atom stereocenters. The number of nitrogens with one attached hydrogen (secondary N) is 1. The molecule has 0 fully saturated rings. The first-order valence-corrected chi connectivity index (χ1v) is 5.95. The van der Waals surface area contributed by atoms with Crippen LogP contribution in [0, 0.1) is 0 Å². The lowest BCUT2D eigenvalue weighted by Gasteiger charge is -2.15. The minimum absolute atomic E-state index is 0.0995. The number of carbonyl (C=O) groups is 3. The van der Waals surface area contributed by atoms with Crippen molar-refractivity contribution in [3.63, 3.8) is 0 Å². The lowest BCUT2D eigenvalue weighted by atomic mass is 10.1. The molecule has 0 spiro atoms. The van der Waals surface area contributed by atoms with Crippen LogP contribution >= 0.6 is 11.6 Å². The predicted octanol–water partition coefficient (Wildman–Crippen LogP) is -0.0222. The van der Waals surface area contributed by atoms with Crippen LogP contribution in [-0.4, -0.2) is 42.4 Å². The van der Waals surface area contributed by atoms with Crippen molar-refractivity contribution >= 4 is 34.9 Å². The fraction of sp³-hybridized carbons (Fsp3) is 0.250. The standard InChI is InChI=1S/C12H11ClN2O4/c13-7-1-2-9-8(5-7)11(18)12(19)15(9)6-10(17)14-3-4-16/h1-2,5,16H,3-4,6H2,(H,14,17). The van der Waals surface area contributed by atoms with Crippen molar-refractivity contribution < 1.29 is 19.5 Å². The van der Waals surface area contributed by atoms with Gasteiger partial charge in [0.05, 0.1) is 17.9 Å². The number of amides is 2. The third-order valence-electron chi connectivity index (χ3n) is 2.67. The van der Waals surface area contributed by atoms with Crippen molar-refractivity contribution in [1.29, 1.82) is 0 Å². The van der Waals surface area contributed by atoms with Gasteiger partial charge in [-0.15, -0.1) is 0 Å². The van der Waals surface area contributed by atoms with Gasteiger partial charge in [0.15, 0.2) is 0 Å². The van der Waals surface area contributed by atoms with Gasteiger partial charge in [-0.2, -0.15) is 0 Å². The fourth-order valence-corrected chi connectivity index (χ4v) is 2.00. The van der Waals surface area contributed by atoms with E-state index in [1.54, 1.807) is 6.07 Å². The molecule has 1 aromatic rings. The Bertz CT molecular complexity index is 559. The summed E-state index contributed by atoms with van der Waals surface area (Å²) in [5, 5.41) is 11.4. The average Bonchev–Trinajstić information content (AvgIpc) is 2.61. The van der Waals surface area contributed by atoms with Gasteiger partial charge in [0.25, 0.3) is 11.7 Å². The largest absolute Gasteiger partial charge is 0.395 e. The summed E-state index contributed by atoms with van der Waals surface area (Å²) in [5.41, 5.74) is 0.575. The Balaban J connectivity index is 2.21. The Morgan fingerprint density at radius 3 is 2.79 bits per heavy atom. The Labute approximate surface area is 114 Å². The molecule has 0 aromatic heterocycles. The molecule has 0 saturated heterocycles. The highest BCUT2D eigenvalue weighted by molar-refractivity contribution is 6.53. The van der Waals surface area contributed by atoms with Gasteiger partial charge in [-0.3, -0.25) is 19.3 Å². The molecular weight excluding hydrogens is 272 g/mol. The highest BCUT2D eigenvalue weighted by Crippen LogP contribution is 2.30. The van der Waals surface area contributed by atoms with Gasteiger partial charge in [0, 0.05) is 11.6 Å². The van der Waals surface area contributed by atoms with Gasteiger partial charge in [0.1, 0.15) is 6.54 Å². The van der Waals surface area contributed by atoms with E-state index in [1.165, 1.54) is 12.1 Å². The maximum Gasteiger partial charge on any atom is 0.299 e. The highest BCUT2D eigenvalue weighted by atomic mass is 35.5. The number of benzene rings is 1. The van der Waals surface area contributed by atoms with Crippen LogP contribution in [-0.2, 0) is 9.59 Å². The van der Waals surface area contributed by atoms with Crippen LogP contribution in [0.5, 0.6) is 0 Å². The van der Waals surface area contributed by atoms with Crippen LogP contribution in [0.15, 0.2) is 18.2 Å². The zero-order valence-corrected chi connectivity index (χ0v) is 10.6. The second-order valence-electron chi connectivity index (χ2n) is 3.96. The van der Waals surface area contributed by atoms with Crippen molar-refractivity contribution in [3.8, 4) is 0 Å². The molecule has 19 heavy (non-hydrogen) atoms. The van der Waals surface area contributed by atoms with E-state index in [4.69, 9.17) is 16.7 Å². The molecule has 7 heteroatoms. The molecule has 100 valence electrons. The van der Waals surface area contributed by atoms with Crippen molar-refractivity contribution in [3.05, 3.63) is 28.8 Å².